The summed E-state index contributed by atoms with van der Waals surface area (Å²) in [5.41, 5.74) is 3.37. The van der Waals surface area contributed by atoms with Gasteiger partial charge in [-0.25, -0.2) is 0 Å². The van der Waals surface area contributed by atoms with Crippen molar-refractivity contribution < 1.29 is 4.74 Å². The quantitative estimate of drug-likeness (QED) is 0.891. The first-order valence-corrected chi connectivity index (χ1v) is 6.49. The molecule has 0 aliphatic heterocycles. The first-order valence-electron chi connectivity index (χ1n) is 6.49. The molecule has 100 valence electrons. The summed E-state index contributed by atoms with van der Waals surface area (Å²) in [6.07, 6.45) is 0. The van der Waals surface area contributed by atoms with Crippen molar-refractivity contribution in [2.75, 3.05) is 7.11 Å². The van der Waals surface area contributed by atoms with E-state index in [2.05, 4.69) is 29.4 Å². The molecule has 0 aliphatic carbocycles. The molecule has 1 heterocycles. The molecule has 1 aromatic carbocycles. The molecule has 1 aromatic heterocycles. The molecule has 2 aromatic rings. The predicted octanol–water partition coefficient (Wildman–Crippen LogP) is 3.25. The maximum absolute atomic E-state index is 5.16. The third kappa shape index (κ3) is 3.80. The number of hydrogen-bond donors (Lipinski definition) is 1. The Balaban J connectivity index is 1.95. The van der Waals surface area contributed by atoms with Crippen LogP contribution in [0.5, 0.6) is 5.75 Å². The lowest BCUT2D eigenvalue weighted by molar-refractivity contribution is 0.414. The SMILES string of the molecule is COc1ccc([C@@H](C)NCc2cccc(C)n2)cc1. The summed E-state index contributed by atoms with van der Waals surface area (Å²) in [5.74, 6) is 0.885. The highest BCUT2D eigenvalue weighted by atomic mass is 16.5. The van der Waals surface area contributed by atoms with Crippen molar-refractivity contribution in [3.05, 3.63) is 59.4 Å². The van der Waals surface area contributed by atoms with Crippen LogP contribution in [0.4, 0.5) is 0 Å². The number of nitrogens with zero attached hydrogens (tertiary/aromatic N) is 1. The zero-order chi connectivity index (χ0) is 13.7. The minimum absolute atomic E-state index is 0.285. The molecule has 19 heavy (non-hydrogen) atoms. The number of methoxy groups -OCH3 is 1. The first-order chi connectivity index (χ1) is 9.19. The van der Waals surface area contributed by atoms with E-state index in [9.17, 15) is 0 Å². The van der Waals surface area contributed by atoms with Gasteiger partial charge in [0.2, 0.25) is 0 Å². The van der Waals surface area contributed by atoms with E-state index in [1.807, 2.05) is 37.3 Å². The lowest BCUT2D eigenvalue weighted by Crippen LogP contribution is -2.18. The number of benzene rings is 1. The van der Waals surface area contributed by atoms with Gasteiger partial charge in [-0.1, -0.05) is 18.2 Å². The van der Waals surface area contributed by atoms with Crippen LogP contribution in [0.3, 0.4) is 0 Å². The van der Waals surface area contributed by atoms with Crippen molar-refractivity contribution in [2.45, 2.75) is 26.4 Å². The van der Waals surface area contributed by atoms with Gasteiger partial charge in [-0.2, -0.15) is 0 Å². The number of nitrogens with one attached hydrogen (secondary N) is 1. The third-order valence-corrected chi connectivity index (χ3v) is 3.15. The van der Waals surface area contributed by atoms with Gasteiger partial charge in [-0.05, 0) is 43.7 Å². The summed E-state index contributed by atoms with van der Waals surface area (Å²) in [5, 5.41) is 3.48. The fourth-order valence-corrected chi connectivity index (χ4v) is 1.97. The molecular formula is C16H20N2O. The van der Waals surface area contributed by atoms with Crippen LogP contribution in [0.2, 0.25) is 0 Å². The van der Waals surface area contributed by atoms with Crippen molar-refractivity contribution in [3.8, 4) is 5.75 Å². The Bertz CT molecular complexity index is 523. The molecule has 0 fully saturated rings. The largest absolute Gasteiger partial charge is 0.497 e. The second-order valence-electron chi connectivity index (χ2n) is 4.65. The second kappa shape index (κ2) is 6.34. The second-order valence-corrected chi connectivity index (χ2v) is 4.65. The van der Waals surface area contributed by atoms with Crippen LogP contribution in [-0.4, -0.2) is 12.1 Å². The Morgan fingerprint density at radius 3 is 2.53 bits per heavy atom. The first kappa shape index (κ1) is 13.6. The monoisotopic (exact) mass is 256 g/mol. The minimum atomic E-state index is 0.285. The van der Waals surface area contributed by atoms with Gasteiger partial charge in [0.15, 0.2) is 0 Å². The van der Waals surface area contributed by atoms with E-state index < -0.39 is 0 Å². The summed E-state index contributed by atoms with van der Waals surface area (Å²) < 4.78 is 5.16. The molecule has 0 unspecified atom stereocenters. The molecule has 0 spiro atoms. The molecule has 0 amide bonds. The zero-order valence-corrected chi connectivity index (χ0v) is 11.7. The third-order valence-electron chi connectivity index (χ3n) is 3.15. The van der Waals surface area contributed by atoms with Crippen LogP contribution in [0, 0.1) is 6.92 Å². The fourth-order valence-electron chi connectivity index (χ4n) is 1.97. The van der Waals surface area contributed by atoms with E-state index in [1.54, 1.807) is 7.11 Å². The Morgan fingerprint density at radius 1 is 1.16 bits per heavy atom. The molecule has 0 aliphatic rings. The number of hydrogen-bond acceptors (Lipinski definition) is 3. The molecule has 3 nitrogen and oxygen atoms in total. The van der Waals surface area contributed by atoms with Crippen LogP contribution < -0.4 is 10.1 Å². The van der Waals surface area contributed by atoms with Crippen molar-refractivity contribution in [1.82, 2.24) is 10.3 Å². The van der Waals surface area contributed by atoms with E-state index in [0.717, 1.165) is 23.7 Å². The van der Waals surface area contributed by atoms with Crippen LogP contribution in [-0.2, 0) is 6.54 Å². The minimum Gasteiger partial charge on any atom is -0.497 e. The summed E-state index contributed by atoms with van der Waals surface area (Å²) in [6.45, 7) is 4.93. The Morgan fingerprint density at radius 2 is 1.89 bits per heavy atom. The molecule has 0 saturated heterocycles. The number of aryl methyl sites for hydroxylation is 1. The smallest absolute Gasteiger partial charge is 0.118 e. The van der Waals surface area contributed by atoms with E-state index in [1.165, 1.54) is 5.56 Å². The normalized spacial score (nSPS) is 12.2. The van der Waals surface area contributed by atoms with Gasteiger partial charge in [-0.15, -0.1) is 0 Å². The molecule has 1 atom stereocenters. The van der Waals surface area contributed by atoms with Gasteiger partial charge >= 0.3 is 0 Å². The predicted molar refractivity (Wildman–Crippen MR) is 77.2 cm³/mol. The van der Waals surface area contributed by atoms with E-state index in [4.69, 9.17) is 4.74 Å². The highest BCUT2D eigenvalue weighted by molar-refractivity contribution is 5.28. The average molecular weight is 256 g/mol. The van der Waals surface area contributed by atoms with Crippen LogP contribution >= 0.6 is 0 Å². The van der Waals surface area contributed by atoms with Gasteiger partial charge in [-0.3, -0.25) is 4.98 Å². The lowest BCUT2D eigenvalue weighted by atomic mass is 10.1. The standard InChI is InChI=1S/C16H20N2O/c1-12-5-4-6-15(18-12)11-17-13(2)14-7-9-16(19-3)10-8-14/h4-10,13,17H,11H2,1-3H3/t13-/m1/s1. The molecule has 3 heteroatoms. The maximum atomic E-state index is 5.16. The Kier molecular flexibility index (Phi) is 4.53. The van der Waals surface area contributed by atoms with Crippen molar-refractivity contribution in [1.29, 1.82) is 0 Å². The summed E-state index contributed by atoms with van der Waals surface area (Å²) >= 11 is 0. The summed E-state index contributed by atoms with van der Waals surface area (Å²) in [7, 11) is 1.68. The fraction of sp³-hybridized carbons (Fsp3) is 0.312. The van der Waals surface area contributed by atoms with E-state index in [-0.39, 0.29) is 6.04 Å². The molecule has 2 rings (SSSR count). The average Bonchev–Trinajstić information content (AvgIpc) is 2.45. The molecule has 1 N–H and O–H groups in total. The van der Waals surface area contributed by atoms with Gasteiger partial charge in [0.1, 0.15) is 5.75 Å². The number of rotatable bonds is 5. The van der Waals surface area contributed by atoms with Crippen LogP contribution in [0.1, 0.15) is 29.9 Å². The Hall–Kier alpha value is -1.87. The Labute approximate surface area is 114 Å². The lowest BCUT2D eigenvalue weighted by Gasteiger charge is -2.14. The van der Waals surface area contributed by atoms with Gasteiger partial charge in [0.25, 0.3) is 0 Å². The van der Waals surface area contributed by atoms with Crippen molar-refractivity contribution >= 4 is 0 Å². The molecule has 0 bridgehead atoms. The van der Waals surface area contributed by atoms with Gasteiger partial charge in [0.05, 0.1) is 12.8 Å². The highest BCUT2D eigenvalue weighted by Crippen LogP contribution is 2.17. The zero-order valence-electron chi connectivity index (χ0n) is 11.7. The van der Waals surface area contributed by atoms with E-state index >= 15 is 0 Å². The number of ether oxygens (including phenoxy) is 1. The van der Waals surface area contributed by atoms with Crippen molar-refractivity contribution in [3.63, 3.8) is 0 Å². The van der Waals surface area contributed by atoms with Gasteiger partial charge < -0.3 is 10.1 Å². The van der Waals surface area contributed by atoms with E-state index in [0.29, 0.717) is 0 Å². The molecule has 0 saturated carbocycles. The number of aromatic nitrogens is 1. The number of pyridine rings is 1. The summed E-state index contributed by atoms with van der Waals surface area (Å²) in [6, 6.07) is 14.5. The topological polar surface area (TPSA) is 34.1 Å². The summed E-state index contributed by atoms with van der Waals surface area (Å²) in [4.78, 5) is 4.48. The maximum Gasteiger partial charge on any atom is 0.118 e. The van der Waals surface area contributed by atoms with Crippen LogP contribution in [0.15, 0.2) is 42.5 Å². The molecule has 0 radical (unpaired) electrons. The van der Waals surface area contributed by atoms with Crippen molar-refractivity contribution in [2.24, 2.45) is 0 Å². The van der Waals surface area contributed by atoms with Gasteiger partial charge in [0, 0.05) is 18.3 Å². The highest BCUT2D eigenvalue weighted by Gasteiger charge is 2.05. The molecular weight excluding hydrogens is 236 g/mol. The van der Waals surface area contributed by atoms with Crippen LogP contribution in [0.25, 0.3) is 0 Å².